The molecule has 0 bridgehead atoms. The fourth-order valence-electron chi connectivity index (χ4n) is 2.96. The van der Waals surface area contributed by atoms with Crippen LogP contribution in [0.25, 0.3) is 0 Å². The van der Waals surface area contributed by atoms with Crippen molar-refractivity contribution in [1.29, 1.82) is 0 Å². The van der Waals surface area contributed by atoms with Gasteiger partial charge in [0.2, 0.25) is 0 Å². The lowest BCUT2D eigenvalue weighted by Gasteiger charge is -2.21. The van der Waals surface area contributed by atoms with Crippen LogP contribution in [-0.2, 0) is 11.2 Å². The van der Waals surface area contributed by atoms with Crippen LogP contribution in [-0.4, -0.2) is 42.7 Å². The number of alkyl halides is 4. The van der Waals surface area contributed by atoms with E-state index in [1.165, 1.54) is 18.2 Å². The molecule has 0 radical (unpaired) electrons. The Bertz CT molecular complexity index is 805. The first kappa shape index (κ1) is 20.1. The van der Waals surface area contributed by atoms with Gasteiger partial charge in [-0.05, 0) is 36.2 Å². The molecule has 0 aliphatic carbocycles. The van der Waals surface area contributed by atoms with Crippen LogP contribution < -0.4 is 10.1 Å². The molecule has 1 saturated heterocycles. The molecular formula is C19H18F4N2O3. The minimum Gasteiger partial charge on any atom is -0.427 e. The highest BCUT2D eigenvalue weighted by atomic mass is 19.3. The van der Waals surface area contributed by atoms with Crippen molar-refractivity contribution in [3.63, 3.8) is 0 Å². The molecule has 0 unspecified atom stereocenters. The Morgan fingerprint density at radius 3 is 2.64 bits per heavy atom. The van der Waals surface area contributed by atoms with Gasteiger partial charge in [0, 0.05) is 18.3 Å². The smallest absolute Gasteiger partial charge is 0.427 e. The Balaban J connectivity index is 1.71. The van der Waals surface area contributed by atoms with Crippen molar-refractivity contribution < 1.29 is 31.8 Å². The lowest BCUT2D eigenvalue weighted by molar-refractivity contribution is -0.253. The van der Waals surface area contributed by atoms with Crippen LogP contribution in [0.5, 0.6) is 5.75 Å². The van der Waals surface area contributed by atoms with E-state index in [0.29, 0.717) is 13.0 Å². The first-order valence-corrected chi connectivity index (χ1v) is 8.58. The number of rotatable bonds is 7. The molecule has 28 heavy (non-hydrogen) atoms. The van der Waals surface area contributed by atoms with Crippen molar-refractivity contribution in [3.8, 4) is 5.75 Å². The maximum absolute atomic E-state index is 13.3. The van der Waals surface area contributed by atoms with Gasteiger partial charge in [-0.1, -0.05) is 12.1 Å². The van der Waals surface area contributed by atoms with Gasteiger partial charge in [0.1, 0.15) is 5.75 Å². The second-order valence-corrected chi connectivity index (χ2v) is 6.40. The van der Waals surface area contributed by atoms with E-state index in [4.69, 9.17) is 4.74 Å². The Kier molecular flexibility index (Phi) is 6.13. The van der Waals surface area contributed by atoms with Crippen LogP contribution >= 0.6 is 0 Å². The van der Waals surface area contributed by atoms with Crippen molar-refractivity contribution >= 4 is 5.91 Å². The van der Waals surface area contributed by atoms with E-state index in [1.807, 2.05) is 12.1 Å². The highest BCUT2D eigenvalue weighted by Crippen LogP contribution is 2.30. The van der Waals surface area contributed by atoms with E-state index >= 15 is 0 Å². The largest absolute Gasteiger partial charge is 0.461 e. The molecule has 1 aromatic carbocycles. The normalized spacial score (nSPS) is 19.6. The summed E-state index contributed by atoms with van der Waals surface area (Å²) in [5.74, 6) is -1.34. The van der Waals surface area contributed by atoms with E-state index < -0.39 is 24.2 Å². The summed E-state index contributed by atoms with van der Waals surface area (Å²) >= 11 is 0. The number of aromatic nitrogens is 1. The molecule has 0 spiro atoms. The maximum Gasteiger partial charge on any atom is 0.461 e. The van der Waals surface area contributed by atoms with Gasteiger partial charge in [0.05, 0.1) is 24.8 Å². The predicted octanol–water partition coefficient (Wildman–Crippen LogP) is 3.31. The number of ether oxygens (including phenoxy) is 2. The summed E-state index contributed by atoms with van der Waals surface area (Å²) in [6.45, 7) is 0.687. The molecule has 2 atom stereocenters. The first-order valence-electron chi connectivity index (χ1n) is 8.58. The molecule has 150 valence electrons. The lowest BCUT2D eigenvalue weighted by Crippen LogP contribution is -2.41. The highest BCUT2D eigenvalue weighted by molar-refractivity contribution is 5.97. The number of halogens is 4. The van der Waals surface area contributed by atoms with Gasteiger partial charge in [-0.15, -0.1) is 0 Å². The minimum absolute atomic E-state index is 0.0260. The number of hydrogen-bond acceptors (Lipinski definition) is 4. The number of hydrogen-bond donors (Lipinski definition) is 1. The molecule has 9 heteroatoms. The van der Waals surface area contributed by atoms with Gasteiger partial charge in [-0.2, -0.15) is 17.6 Å². The van der Waals surface area contributed by atoms with E-state index in [1.54, 1.807) is 12.4 Å². The quantitative estimate of drug-likeness (QED) is 0.727. The minimum atomic E-state index is -4.70. The number of amides is 1. The van der Waals surface area contributed by atoms with E-state index in [-0.39, 0.29) is 24.1 Å². The second-order valence-electron chi connectivity index (χ2n) is 6.40. The van der Waals surface area contributed by atoms with Crippen molar-refractivity contribution in [2.45, 2.75) is 25.0 Å². The highest BCUT2D eigenvalue weighted by Gasteiger charge is 2.44. The van der Waals surface area contributed by atoms with Crippen molar-refractivity contribution in [2.24, 2.45) is 5.92 Å². The fourth-order valence-corrected chi connectivity index (χ4v) is 2.96. The summed E-state index contributed by atoms with van der Waals surface area (Å²) < 4.78 is 60.9. The zero-order valence-electron chi connectivity index (χ0n) is 14.7. The molecular weight excluding hydrogens is 380 g/mol. The summed E-state index contributed by atoms with van der Waals surface area (Å²) in [4.78, 5) is 16.5. The van der Waals surface area contributed by atoms with Crippen molar-refractivity contribution in [3.05, 3.63) is 59.9 Å². The zero-order chi connectivity index (χ0) is 20.1. The van der Waals surface area contributed by atoms with E-state index in [9.17, 15) is 22.4 Å². The molecule has 1 aliphatic rings. The Morgan fingerprint density at radius 2 is 1.93 bits per heavy atom. The van der Waals surface area contributed by atoms with Gasteiger partial charge in [-0.3, -0.25) is 9.78 Å². The molecule has 0 saturated carbocycles. The third-order valence-electron chi connectivity index (χ3n) is 4.39. The van der Waals surface area contributed by atoms with Crippen LogP contribution in [0.3, 0.4) is 0 Å². The molecule has 1 fully saturated rings. The summed E-state index contributed by atoms with van der Waals surface area (Å²) in [5, 5.41) is 2.73. The molecule has 1 amide bonds. The summed E-state index contributed by atoms with van der Waals surface area (Å²) in [6, 6.07) is 8.38. The molecule has 2 aromatic rings. The third kappa shape index (κ3) is 4.78. The summed E-state index contributed by atoms with van der Waals surface area (Å²) in [5.41, 5.74) is 0.766. The second kappa shape index (κ2) is 8.55. The first-order chi connectivity index (χ1) is 13.4. The van der Waals surface area contributed by atoms with Crippen LogP contribution in [0.2, 0.25) is 0 Å². The van der Waals surface area contributed by atoms with Crippen LogP contribution in [0.4, 0.5) is 17.6 Å². The number of benzene rings is 1. The summed E-state index contributed by atoms with van der Waals surface area (Å²) in [6.07, 6.45) is -4.76. The van der Waals surface area contributed by atoms with Crippen LogP contribution in [0, 0.1) is 5.92 Å². The van der Waals surface area contributed by atoms with Gasteiger partial charge in [0.25, 0.3) is 5.91 Å². The number of nitrogens with zero attached hydrogens (tertiary/aromatic N) is 1. The van der Waals surface area contributed by atoms with Crippen molar-refractivity contribution in [2.75, 3.05) is 13.2 Å². The number of pyridine rings is 1. The molecule has 3 rings (SSSR count). The Labute approximate surface area is 158 Å². The topological polar surface area (TPSA) is 60.5 Å². The predicted molar refractivity (Wildman–Crippen MR) is 91.5 cm³/mol. The van der Waals surface area contributed by atoms with Gasteiger partial charge in [0.15, 0.2) is 0 Å². The van der Waals surface area contributed by atoms with Crippen LogP contribution in [0.1, 0.15) is 15.9 Å². The van der Waals surface area contributed by atoms with Gasteiger partial charge >= 0.3 is 12.5 Å². The van der Waals surface area contributed by atoms with Gasteiger partial charge < -0.3 is 14.8 Å². The summed E-state index contributed by atoms with van der Waals surface area (Å²) in [7, 11) is 0. The number of carbonyl (C=O) groups excluding carboxylic acids is 1. The number of nitrogens with one attached hydrogen (secondary N) is 1. The van der Waals surface area contributed by atoms with E-state index in [2.05, 4.69) is 15.0 Å². The lowest BCUT2D eigenvalue weighted by atomic mass is 9.95. The molecule has 1 aromatic heterocycles. The third-order valence-corrected chi connectivity index (χ3v) is 4.39. The Morgan fingerprint density at radius 1 is 1.21 bits per heavy atom. The SMILES string of the molecule is O=C(N[C@@H]1COC[C@H]1Cc1ccncc1)c1ccccc1OC(F)(F)C(F)F. The maximum atomic E-state index is 13.3. The molecule has 5 nitrogen and oxygen atoms in total. The molecule has 2 heterocycles. The molecule has 1 aliphatic heterocycles. The fraction of sp³-hybridized carbons (Fsp3) is 0.368. The average molecular weight is 398 g/mol. The number of carbonyl (C=O) groups is 1. The average Bonchev–Trinajstić information content (AvgIpc) is 3.09. The van der Waals surface area contributed by atoms with E-state index in [0.717, 1.165) is 11.6 Å². The van der Waals surface area contributed by atoms with Crippen molar-refractivity contribution in [1.82, 2.24) is 10.3 Å². The van der Waals surface area contributed by atoms with Gasteiger partial charge in [-0.25, -0.2) is 0 Å². The Hall–Kier alpha value is -2.68. The van der Waals surface area contributed by atoms with Crippen LogP contribution in [0.15, 0.2) is 48.8 Å². The standard InChI is InChI=1S/C19H18F4N2O3/c20-18(21)19(22,23)28-16-4-2-1-3-14(16)17(26)25-15-11-27-10-13(15)9-12-5-7-24-8-6-12/h1-8,13,15,18H,9-11H2,(H,25,26)/t13-,15-/m1/s1. The zero-order valence-corrected chi connectivity index (χ0v) is 14.7. The molecule has 1 N–H and O–H groups in total. The monoisotopic (exact) mass is 398 g/mol. The number of para-hydroxylation sites is 1.